The van der Waals surface area contributed by atoms with E-state index in [4.69, 9.17) is 47.1 Å². The molecule has 0 unspecified atom stereocenters. The first-order valence-corrected chi connectivity index (χ1v) is 34.4. The molecule has 7 atom stereocenters. The zero-order valence-electron chi connectivity index (χ0n) is 51.8. The van der Waals surface area contributed by atoms with Gasteiger partial charge in [-0.15, -0.1) is 0 Å². The van der Waals surface area contributed by atoms with Crippen LogP contribution in [0.3, 0.4) is 0 Å². The first kappa shape index (κ1) is 62.6. The lowest BCUT2D eigenvalue weighted by Crippen LogP contribution is -2.68. The molecule has 10 aromatic rings. The molecule has 0 saturated carbocycles. The maximum atomic E-state index is 15.5. The number of ether oxygens (including phenoxy) is 5. The normalized spacial score (nSPS) is 19.2. The highest BCUT2D eigenvalue weighted by Crippen LogP contribution is 2.51. The average molecular weight is 1260 g/mol. The van der Waals surface area contributed by atoms with Crippen LogP contribution in [-0.4, -0.2) is 95.9 Å². The summed E-state index contributed by atoms with van der Waals surface area (Å²) in [5.41, 5.74) is 3.91. The fourth-order valence-electron chi connectivity index (χ4n) is 12.5. The van der Waals surface area contributed by atoms with Gasteiger partial charge >= 0.3 is 13.3 Å². The third-order valence-corrected chi connectivity index (χ3v) is 23.3. The van der Waals surface area contributed by atoms with E-state index in [2.05, 4.69) is 65.6 Å². The molecule has 0 spiro atoms. The SMILES string of the molecule is COc1ccc(C(OC[C@H]2O[C@@H](n3cnc4c(NCc5ccccc5)ncnc43)C[C@@H]2O[P@](C)(=O)OC[C@H]2O[C@@H](n3ccc(NCc4ccccc4)nc3=O)C[C@@H]2O[Si](c2ccccc2)(c2ccccc2)C(C)(C)C)(c2ccccc2)c2ccc(OC)cc2)cc1. The summed E-state index contributed by atoms with van der Waals surface area (Å²) >= 11 is 0. The lowest BCUT2D eigenvalue weighted by Gasteiger charge is -2.45. The van der Waals surface area contributed by atoms with Gasteiger partial charge in [-0.25, -0.2) is 19.7 Å². The highest BCUT2D eigenvalue weighted by atomic mass is 31.2. The Morgan fingerprint density at radius 3 is 1.65 bits per heavy atom. The highest BCUT2D eigenvalue weighted by molar-refractivity contribution is 7.53. The van der Waals surface area contributed by atoms with E-state index < -0.39 is 69.1 Å². The number of hydrogen-bond donors (Lipinski definition) is 2. The van der Waals surface area contributed by atoms with Crippen molar-refractivity contribution in [2.24, 2.45) is 0 Å². The van der Waals surface area contributed by atoms with E-state index in [1.807, 2.05) is 180 Å². The van der Waals surface area contributed by atoms with E-state index in [-0.39, 0.29) is 26.1 Å². The predicted molar refractivity (Wildman–Crippen MR) is 354 cm³/mol. The van der Waals surface area contributed by atoms with Crippen molar-refractivity contribution in [2.45, 2.75) is 94.2 Å². The van der Waals surface area contributed by atoms with Crippen LogP contribution in [0.5, 0.6) is 11.5 Å². The van der Waals surface area contributed by atoms with Crippen LogP contribution in [0.15, 0.2) is 230 Å². The molecule has 3 aromatic heterocycles. The Morgan fingerprint density at radius 2 is 1.10 bits per heavy atom. The quantitative estimate of drug-likeness (QED) is 0.0311. The summed E-state index contributed by atoms with van der Waals surface area (Å²) in [6.45, 7) is 8.79. The first-order valence-electron chi connectivity index (χ1n) is 30.5. The second-order valence-electron chi connectivity index (χ2n) is 23.8. The van der Waals surface area contributed by atoms with Crippen molar-refractivity contribution in [1.29, 1.82) is 0 Å². The second kappa shape index (κ2) is 27.5. The number of methoxy groups -OCH3 is 2. The second-order valence-corrected chi connectivity index (χ2v) is 30.1. The van der Waals surface area contributed by atoms with Gasteiger partial charge in [0, 0.05) is 38.8 Å². The lowest BCUT2D eigenvalue weighted by atomic mass is 9.80. The summed E-state index contributed by atoms with van der Waals surface area (Å²) in [7, 11) is -4.09. The molecule has 0 bridgehead atoms. The van der Waals surface area contributed by atoms with Gasteiger partial charge in [-0.05, 0) is 73.6 Å². The van der Waals surface area contributed by atoms with Crippen LogP contribution in [0.2, 0.25) is 5.04 Å². The van der Waals surface area contributed by atoms with E-state index in [0.29, 0.717) is 47.4 Å². The van der Waals surface area contributed by atoms with Gasteiger partial charge in [0.15, 0.2) is 17.0 Å². The number of nitrogens with one attached hydrogen (secondary N) is 2. The standard InChI is InChI=1S/C71H75N8O10PSi/c1-70(2,3)91(57-28-18-10-19-29-57,58-30-20-11-21-31-58)89-60-43-64(78-41-40-63(77-69(78)80)72-44-50-22-12-7-13-23-50)87-62(60)47-85-90(6,81)88-59-42-65(79-49-76-66-67(74-48-75-68(66)79)73-45-51-24-14-8-15-25-51)86-61(59)46-84-71(52-26-16-9-17-27-52,53-32-36-55(82-4)37-33-53)54-34-38-56(83-5)39-35-54/h7-41,48-49,59-62,64-65H,42-47H2,1-6H3,(H,72,77,80)(H,73,74,75)/t59-,60-,61+,62+,64+,65+,90+/m0/s1. The van der Waals surface area contributed by atoms with Gasteiger partial charge in [0.05, 0.1) is 46.0 Å². The minimum Gasteiger partial charge on any atom is -0.497 e. The van der Waals surface area contributed by atoms with Crippen molar-refractivity contribution in [2.75, 3.05) is 44.7 Å². The maximum Gasteiger partial charge on any atom is 0.351 e. The molecule has 468 valence electrons. The summed E-state index contributed by atoms with van der Waals surface area (Å²) in [6.07, 6.45) is 0.469. The van der Waals surface area contributed by atoms with Crippen LogP contribution in [0.1, 0.15) is 73.9 Å². The van der Waals surface area contributed by atoms with Gasteiger partial charge in [-0.3, -0.25) is 13.7 Å². The number of rotatable bonds is 25. The number of imidazole rings is 1. The number of aromatic nitrogens is 6. The lowest BCUT2D eigenvalue weighted by molar-refractivity contribution is -0.0919. The summed E-state index contributed by atoms with van der Waals surface area (Å²) in [5.74, 6) is 2.34. The van der Waals surface area contributed by atoms with Crippen LogP contribution >= 0.6 is 7.60 Å². The summed E-state index contributed by atoms with van der Waals surface area (Å²) in [5, 5.41) is 8.41. The van der Waals surface area contributed by atoms with Crippen LogP contribution in [0.25, 0.3) is 11.2 Å². The Hall–Kier alpha value is -8.62. The topological polar surface area (TPSA) is 193 Å². The van der Waals surface area contributed by atoms with Gasteiger partial charge in [0.1, 0.15) is 53.9 Å². The summed E-state index contributed by atoms with van der Waals surface area (Å²) < 4.78 is 72.9. The molecular weight excluding hydrogens is 1180 g/mol. The van der Waals surface area contributed by atoms with Gasteiger partial charge in [0.2, 0.25) is 0 Å². The molecule has 0 radical (unpaired) electrons. The van der Waals surface area contributed by atoms with Crippen molar-refractivity contribution in [3.63, 3.8) is 0 Å². The molecule has 2 saturated heterocycles. The van der Waals surface area contributed by atoms with Crippen LogP contribution in [0.4, 0.5) is 11.6 Å². The van der Waals surface area contributed by atoms with Crippen LogP contribution in [-0.2, 0) is 50.9 Å². The van der Waals surface area contributed by atoms with E-state index in [0.717, 1.165) is 38.2 Å². The largest absolute Gasteiger partial charge is 0.497 e. The Morgan fingerprint density at radius 1 is 0.593 bits per heavy atom. The fourth-order valence-corrected chi connectivity index (χ4v) is 18.4. The molecule has 0 aliphatic carbocycles. The molecule has 2 aliphatic heterocycles. The highest BCUT2D eigenvalue weighted by Gasteiger charge is 2.54. The number of benzene rings is 7. The van der Waals surface area contributed by atoms with E-state index >= 15 is 4.57 Å². The third kappa shape index (κ3) is 13.6. The molecule has 91 heavy (non-hydrogen) atoms. The Labute approximate surface area is 531 Å². The Kier molecular flexibility index (Phi) is 18.9. The molecule has 20 heteroatoms. The summed E-state index contributed by atoms with van der Waals surface area (Å²) in [4.78, 5) is 32.7. The molecule has 0 amide bonds. The number of anilines is 2. The van der Waals surface area contributed by atoms with Crippen LogP contribution in [0, 0.1) is 0 Å². The molecule has 2 N–H and O–H groups in total. The first-order chi connectivity index (χ1) is 44.2. The monoisotopic (exact) mass is 1260 g/mol. The summed E-state index contributed by atoms with van der Waals surface area (Å²) in [6, 6.07) is 67.9. The molecular formula is C71H75N8O10PSi. The van der Waals surface area contributed by atoms with Gasteiger partial charge in [0.25, 0.3) is 8.32 Å². The smallest absolute Gasteiger partial charge is 0.351 e. The zero-order chi connectivity index (χ0) is 63.0. The zero-order valence-corrected chi connectivity index (χ0v) is 53.7. The van der Waals surface area contributed by atoms with Crippen molar-refractivity contribution in [3.05, 3.63) is 263 Å². The predicted octanol–water partition coefficient (Wildman–Crippen LogP) is 12.1. The number of fused-ring (bicyclic) bond motifs is 1. The fraction of sp³-hybridized carbons (Fsp3) is 0.282. The van der Waals surface area contributed by atoms with E-state index in [1.54, 1.807) is 32.8 Å². The third-order valence-electron chi connectivity index (χ3n) is 17.0. The molecule has 5 heterocycles. The van der Waals surface area contributed by atoms with Gasteiger partial charge < -0.3 is 47.8 Å². The minimum absolute atomic E-state index is 0.0647. The minimum atomic E-state index is -4.09. The van der Waals surface area contributed by atoms with Gasteiger partial charge in [-0.2, -0.15) is 4.98 Å². The number of nitrogens with zero attached hydrogens (tertiary/aromatic N) is 6. The Bertz CT molecular complexity index is 4030. The Balaban J connectivity index is 0.876. The molecule has 7 aromatic carbocycles. The number of hydrogen-bond acceptors (Lipinski definition) is 16. The van der Waals surface area contributed by atoms with Crippen molar-refractivity contribution in [1.82, 2.24) is 29.1 Å². The van der Waals surface area contributed by atoms with Crippen molar-refractivity contribution in [3.8, 4) is 11.5 Å². The van der Waals surface area contributed by atoms with Crippen molar-refractivity contribution < 1.29 is 41.7 Å². The van der Waals surface area contributed by atoms with E-state index in [1.165, 1.54) is 17.6 Å². The van der Waals surface area contributed by atoms with Gasteiger partial charge in [-0.1, -0.05) is 197 Å². The molecule has 18 nitrogen and oxygen atoms in total. The molecule has 2 aliphatic rings. The van der Waals surface area contributed by atoms with E-state index in [9.17, 15) is 4.79 Å². The maximum absolute atomic E-state index is 15.5. The molecule has 12 rings (SSSR count). The molecule has 2 fully saturated rings. The van der Waals surface area contributed by atoms with Crippen molar-refractivity contribution >= 4 is 49.1 Å². The van der Waals surface area contributed by atoms with Crippen LogP contribution < -0.4 is 36.2 Å². The average Bonchev–Trinajstić information content (AvgIpc) is 1.83.